The molecule has 2 heterocycles. The first kappa shape index (κ1) is 5.95. The van der Waals surface area contributed by atoms with E-state index in [4.69, 9.17) is 4.42 Å². The van der Waals surface area contributed by atoms with Crippen LogP contribution in [0.15, 0.2) is 22.8 Å². The molecule has 10 heavy (non-hydrogen) atoms. The third-order valence-corrected chi connectivity index (χ3v) is 1.77. The Bertz CT molecular complexity index is 189. The maximum atomic E-state index is 5.24. The van der Waals surface area contributed by atoms with Crippen molar-refractivity contribution in [3.8, 4) is 0 Å². The summed E-state index contributed by atoms with van der Waals surface area (Å²) < 4.78 is 5.24. The Morgan fingerprint density at radius 2 is 2.20 bits per heavy atom. The fourth-order valence-corrected chi connectivity index (χ4v) is 1.19. The van der Waals surface area contributed by atoms with Gasteiger partial charge in [-0.2, -0.15) is 0 Å². The Hall–Kier alpha value is -0.800. The molecule has 0 unspecified atom stereocenters. The zero-order valence-corrected chi connectivity index (χ0v) is 5.63. The van der Waals surface area contributed by atoms with Gasteiger partial charge in [-0.1, -0.05) is 0 Å². The molecule has 0 aromatic carbocycles. The van der Waals surface area contributed by atoms with Crippen LogP contribution in [0, 0.1) is 0 Å². The van der Waals surface area contributed by atoms with Crippen molar-refractivity contribution in [1.29, 1.82) is 0 Å². The van der Waals surface area contributed by atoms with Gasteiger partial charge in [-0.25, -0.2) is 0 Å². The average molecular weight is 138 g/mol. The van der Waals surface area contributed by atoms with Crippen LogP contribution in [-0.4, -0.2) is 13.1 Å². The number of furan rings is 1. The first-order valence-corrected chi connectivity index (χ1v) is 3.46. The molecular weight excluding hydrogens is 128 g/mol. The molecule has 3 nitrogen and oxygen atoms in total. The van der Waals surface area contributed by atoms with Gasteiger partial charge in [-0.15, -0.1) is 0 Å². The molecule has 0 spiro atoms. The summed E-state index contributed by atoms with van der Waals surface area (Å²) in [5.41, 5.74) is 6.10. The first-order chi connectivity index (χ1) is 4.97. The Morgan fingerprint density at radius 1 is 1.40 bits per heavy atom. The Labute approximate surface area is 59.4 Å². The highest BCUT2D eigenvalue weighted by molar-refractivity contribution is 5.07. The molecule has 2 N–H and O–H groups in total. The lowest BCUT2D eigenvalue weighted by Gasteiger charge is -2.00. The number of rotatable bonds is 1. The Balaban J connectivity index is 2.12. The van der Waals surface area contributed by atoms with Crippen LogP contribution in [0.2, 0.25) is 0 Å². The van der Waals surface area contributed by atoms with Crippen LogP contribution in [0.3, 0.4) is 0 Å². The van der Waals surface area contributed by atoms with E-state index >= 15 is 0 Å². The molecule has 3 heteroatoms. The second kappa shape index (κ2) is 2.44. The number of hydrazine groups is 1. The van der Waals surface area contributed by atoms with Crippen molar-refractivity contribution in [1.82, 2.24) is 10.9 Å². The smallest absolute Gasteiger partial charge is 0.109 e. The van der Waals surface area contributed by atoms with E-state index in [1.807, 2.05) is 12.1 Å². The topological polar surface area (TPSA) is 37.2 Å². The highest BCUT2D eigenvalue weighted by Gasteiger charge is 2.17. The van der Waals surface area contributed by atoms with Crippen LogP contribution in [0.25, 0.3) is 0 Å². The van der Waals surface area contributed by atoms with E-state index < -0.39 is 0 Å². The lowest BCUT2D eigenvalue weighted by atomic mass is 10.1. The van der Waals surface area contributed by atoms with Gasteiger partial charge in [0.05, 0.1) is 6.26 Å². The molecule has 0 atom stereocenters. The maximum absolute atomic E-state index is 5.24. The summed E-state index contributed by atoms with van der Waals surface area (Å²) in [6.45, 7) is 1.93. The van der Waals surface area contributed by atoms with E-state index in [1.54, 1.807) is 6.26 Å². The summed E-state index contributed by atoms with van der Waals surface area (Å²) in [4.78, 5) is 0. The van der Waals surface area contributed by atoms with Crippen LogP contribution >= 0.6 is 0 Å². The van der Waals surface area contributed by atoms with E-state index in [2.05, 4.69) is 10.9 Å². The van der Waals surface area contributed by atoms with E-state index in [0.717, 1.165) is 18.8 Å². The fourth-order valence-electron chi connectivity index (χ4n) is 1.19. The minimum Gasteiger partial charge on any atom is -0.469 e. The number of hydrogen-bond donors (Lipinski definition) is 2. The van der Waals surface area contributed by atoms with Crippen LogP contribution in [0.4, 0.5) is 0 Å². The summed E-state index contributed by atoms with van der Waals surface area (Å²) in [5.74, 6) is 1.58. The standard InChI is InChI=1S/C7H10N2O/c1-2-7(10-3-1)6-4-8-9-5-6/h1-3,6,8-9H,4-5H2. The predicted octanol–water partition coefficient (Wildman–Crippen LogP) is 0.471. The van der Waals surface area contributed by atoms with Crippen LogP contribution in [-0.2, 0) is 0 Å². The van der Waals surface area contributed by atoms with Crippen molar-refractivity contribution >= 4 is 0 Å². The van der Waals surface area contributed by atoms with Gasteiger partial charge in [-0.3, -0.25) is 10.9 Å². The molecule has 1 aromatic rings. The predicted molar refractivity (Wildman–Crippen MR) is 37.5 cm³/mol. The van der Waals surface area contributed by atoms with Crippen molar-refractivity contribution < 1.29 is 4.42 Å². The second-order valence-corrected chi connectivity index (χ2v) is 2.47. The van der Waals surface area contributed by atoms with Gasteiger partial charge in [-0.05, 0) is 12.1 Å². The minimum absolute atomic E-state index is 0.509. The van der Waals surface area contributed by atoms with Crippen molar-refractivity contribution in [2.75, 3.05) is 13.1 Å². The van der Waals surface area contributed by atoms with E-state index in [1.165, 1.54) is 0 Å². The van der Waals surface area contributed by atoms with Gasteiger partial charge in [0.15, 0.2) is 0 Å². The molecule has 0 amide bonds. The SMILES string of the molecule is c1coc(C2CNNC2)c1. The normalized spacial score (nSPS) is 20.0. The average Bonchev–Trinajstić information content (AvgIpc) is 2.59. The van der Waals surface area contributed by atoms with Crippen molar-refractivity contribution in [2.45, 2.75) is 5.92 Å². The van der Waals surface area contributed by atoms with Crippen molar-refractivity contribution in [2.24, 2.45) is 0 Å². The monoisotopic (exact) mass is 138 g/mol. The lowest BCUT2D eigenvalue weighted by Crippen LogP contribution is -2.21. The molecular formula is C7H10N2O. The van der Waals surface area contributed by atoms with Gasteiger partial charge in [0.2, 0.25) is 0 Å². The molecule has 1 saturated heterocycles. The first-order valence-electron chi connectivity index (χ1n) is 3.46. The highest BCUT2D eigenvalue weighted by atomic mass is 16.3. The van der Waals surface area contributed by atoms with Gasteiger partial charge < -0.3 is 4.42 Å². The van der Waals surface area contributed by atoms with Gasteiger partial charge in [0.1, 0.15) is 5.76 Å². The fraction of sp³-hybridized carbons (Fsp3) is 0.429. The van der Waals surface area contributed by atoms with Gasteiger partial charge in [0, 0.05) is 19.0 Å². The summed E-state index contributed by atoms with van der Waals surface area (Å²) >= 11 is 0. The molecule has 0 aliphatic carbocycles. The van der Waals surface area contributed by atoms with Crippen molar-refractivity contribution in [3.05, 3.63) is 24.2 Å². The summed E-state index contributed by atoms with van der Waals surface area (Å²) in [6, 6.07) is 3.94. The van der Waals surface area contributed by atoms with Gasteiger partial charge in [0.25, 0.3) is 0 Å². The van der Waals surface area contributed by atoms with Crippen LogP contribution < -0.4 is 10.9 Å². The minimum atomic E-state index is 0.509. The highest BCUT2D eigenvalue weighted by Crippen LogP contribution is 2.15. The molecule has 1 fully saturated rings. The molecule has 0 bridgehead atoms. The van der Waals surface area contributed by atoms with E-state index in [9.17, 15) is 0 Å². The molecule has 54 valence electrons. The molecule has 2 rings (SSSR count). The van der Waals surface area contributed by atoms with E-state index in [0.29, 0.717) is 5.92 Å². The molecule has 1 aliphatic rings. The summed E-state index contributed by atoms with van der Waals surface area (Å²) in [7, 11) is 0. The maximum Gasteiger partial charge on any atom is 0.109 e. The number of hydrogen-bond acceptors (Lipinski definition) is 3. The zero-order chi connectivity index (χ0) is 6.81. The lowest BCUT2D eigenvalue weighted by molar-refractivity contribution is 0.480. The quantitative estimate of drug-likeness (QED) is 0.592. The molecule has 0 saturated carbocycles. The summed E-state index contributed by atoms with van der Waals surface area (Å²) in [6.07, 6.45) is 1.72. The van der Waals surface area contributed by atoms with Gasteiger partial charge >= 0.3 is 0 Å². The third-order valence-electron chi connectivity index (χ3n) is 1.77. The van der Waals surface area contributed by atoms with Crippen LogP contribution in [0.1, 0.15) is 11.7 Å². The third kappa shape index (κ3) is 0.936. The molecule has 1 aliphatic heterocycles. The van der Waals surface area contributed by atoms with E-state index in [-0.39, 0.29) is 0 Å². The van der Waals surface area contributed by atoms with Crippen molar-refractivity contribution in [3.63, 3.8) is 0 Å². The molecule has 1 aromatic heterocycles. The molecule has 0 radical (unpaired) electrons. The Kier molecular flexibility index (Phi) is 1.45. The zero-order valence-electron chi connectivity index (χ0n) is 5.63. The second-order valence-electron chi connectivity index (χ2n) is 2.47. The number of nitrogens with one attached hydrogen (secondary N) is 2. The van der Waals surface area contributed by atoms with Crippen LogP contribution in [0.5, 0.6) is 0 Å². The Morgan fingerprint density at radius 3 is 2.80 bits per heavy atom. The largest absolute Gasteiger partial charge is 0.469 e. The summed E-state index contributed by atoms with van der Waals surface area (Å²) in [5, 5.41) is 0.